The SMILES string of the molecule is CC1(C)C2=C(c3ccc(-c4ccc5c6ccccc6n(-c6nc(-c7ccccc7)c7c(ccc8ccccc87)n6)c5c4)cc31)c1cccc3cccc2c13. The number of benzene rings is 8. The zero-order chi connectivity index (χ0) is 35.7. The van der Waals surface area contributed by atoms with Gasteiger partial charge in [-0.15, -0.1) is 0 Å². The predicted molar refractivity (Wildman–Crippen MR) is 225 cm³/mol. The van der Waals surface area contributed by atoms with Crippen molar-refractivity contribution in [2.24, 2.45) is 0 Å². The monoisotopic (exact) mass is 687 g/mol. The highest BCUT2D eigenvalue weighted by molar-refractivity contribution is 6.22. The average molecular weight is 688 g/mol. The molecular weight excluding hydrogens is 655 g/mol. The van der Waals surface area contributed by atoms with E-state index in [-0.39, 0.29) is 5.41 Å². The van der Waals surface area contributed by atoms with E-state index < -0.39 is 0 Å². The van der Waals surface area contributed by atoms with Crippen LogP contribution in [-0.4, -0.2) is 14.5 Å². The van der Waals surface area contributed by atoms with E-state index in [9.17, 15) is 0 Å². The molecule has 2 aliphatic rings. The smallest absolute Gasteiger partial charge is 0.235 e. The van der Waals surface area contributed by atoms with E-state index in [1.165, 1.54) is 71.5 Å². The van der Waals surface area contributed by atoms with Crippen molar-refractivity contribution in [3.8, 4) is 28.3 Å². The van der Waals surface area contributed by atoms with Crippen LogP contribution in [0.15, 0.2) is 164 Å². The lowest BCUT2D eigenvalue weighted by atomic mass is 9.77. The second-order valence-corrected chi connectivity index (χ2v) is 15.3. The minimum Gasteiger partial charge on any atom is -0.278 e. The van der Waals surface area contributed by atoms with Crippen molar-refractivity contribution in [2.45, 2.75) is 19.3 Å². The van der Waals surface area contributed by atoms with Gasteiger partial charge < -0.3 is 0 Å². The summed E-state index contributed by atoms with van der Waals surface area (Å²) in [5.41, 5.74) is 15.7. The number of fused-ring (bicyclic) bond motifs is 10. The van der Waals surface area contributed by atoms with Gasteiger partial charge in [-0.25, -0.2) is 9.97 Å². The van der Waals surface area contributed by atoms with Crippen molar-refractivity contribution in [3.63, 3.8) is 0 Å². The molecule has 0 fully saturated rings. The zero-order valence-electron chi connectivity index (χ0n) is 29.9. The van der Waals surface area contributed by atoms with E-state index in [2.05, 4.69) is 182 Å². The van der Waals surface area contributed by atoms with Gasteiger partial charge in [-0.3, -0.25) is 4.57 Å². The van der Waals surface area contributed by atoms with E-state index in [0.717, 1.165) is 38.6 Å². The van der Waals surface area contributed by atoms with Gasteiger partial charge in [0.25, 0.3) is 0 Å². The van der Waals surface area contributed by atoms with Crippen LogP contribution in [0, 0.1) is 0 Å². The van der Waals surface area contributed by atoms with Gasteiger partial charge in [-0.1, -0.05) is 153 Å². The van der Waals surface area contributed by atoms with Gasteiger partial charge >= 0.3 is 0 Å². The molecule has 0 N–H and O–H groups in total. The first-order valence-electron chi connectivity index (χ1n) is 18.8. The Bertz CT molecular complexity index is 3280. The fourth-order valence-electron chi connectivity index (χ4n) is 9.71. The molecule has 0 aliphatic heterocycles. The summed E-state index contributed by atoms with van der Waals surface area (Å²) in [4.78, 5) is 10.8. The fraction of sp³-hybridized carbons (Fsp3) is 0.0588. The molecule has 54 heavy (non-hydrogen) atoms. The summed E-state index contributed by atoms with van der Waals surface area (Å²) in [6, 6.07) is 59.5. The molecule has 2 aromatic heterocycles. The molecule has 2 heterocycles. The summed E-state index contributed by atoms with van der Waals surface area (Å²) in [7, 11) is 0. The molecule has 8 aromatic carbocycles. The number of rotatable bonds is 3. The normalized spacial score (nSPS) is 14.2. The number of hydrogen-bond acceptors (Lipinski definition) is 2. The third-order valence-corrected chi connectivity index (χ3v) is 12.1. The lowest BCUT2D eigenvalue weighted by Gasteiger charge is -2.25. The zero-order valence-corrected chi connectivity index (χ0v) is 29.9. The Balaban J connectivity index is 1.07. The van der Waals surface area contributed by atoms with E-state index in [0.29, 0.717) is 5.95 Å². The molecule has 10 aromatic rings. The van der Waals surface area contributed by atoms with E-state index >= 15 is 0 Å². The maximum Gasteiger partial charge on any atom is 0.235 e. The van der Waals surface area contributed by atoms with Crippen molar-refractivity contribution in [1.29, 1.82) is 0 Å². The second-order valence-electron chi connectivity index (χ2n) is 15.3. The molecular formula is C51H33N3. The van der Waals surface area contributed by atoms with Crippen LogP contribution >= 0.6 is 0 Å². The van der Waals surface area contributed by atoms with Gasteiger partial charge in [0, 0.05) is 27.1 Å². The minimum atomic E-state index is -0.135. The van der Waals surface area contributed by atoms with Crippen LogP contribution in [-0.2, 0) is 5.41 Å². The largest absolute Gasteiger partial charge is 0.278 e. The van der Waals surface area contributed by atoms with Crippen LogP contribution in [0.1, 0.15) is 36.1 Å². The Hall–Kier alpha value is -6.84. The van der Waals surface area contributed by atoms with Crippen LogP contribution in [0.25, 0.3) is 93.7 Å². The van der Waals surface area contributed by atoms with Crippen LogP contribution < -0.4 is 0 Å². The van der Waals surface area contributed by atoms with Crippen LogP contribution in [0.2, 0.25) is 0 Å². The highest BCUT2D eigenvalue weighted by Gasteiger charge is 2.43. The molecule has 252 valence electrons. The summed E-state index contributed by atoms with van der Waals surface area (Å²) in [5, 5.41) is 8.49. The maximum absolute atomic E-state index is 5.45. The molecule has 2 aliphatic carbocycles. The number of aromatic nitrogens is 3. The van der Waals surface area contributed by atoms with Crippen molar-refractivity contribution < 1.29 is 0 Å². The van der Waals surface area contributed by atoms with E-state index in [4.69, 9.17) is 9.97 Å². The van der Waals surface area contributed by atoms with Gasteiger partial charge in [0.15, 0.2) is 0 Å². The van der Waals surface area contributed by atoms with Crippen LogP contribution in [0.5, 0.6) is 0 Å². The molecule has 0 atom stereocenters. The molecule has 0 unspecified atom stereocenters. The average Bonchev–Trinajstić information content (AvgIpc) is 3.82. The predicted octanol–water partition coefficient (Wildman–Crippen LogP) is 12.9. The standard InChI is InChI=1S/C51H33N3/c1-51(2)41-28-33(23-26-38(41)46-39-19-10-15-31-16-11-20-40(45(31)39)48(46)51)34-22-25-37-36-18-8-9-21-43(36)54(44(37)29-34)50-52-42-27-24-30-12-6-7-17-35(30)47(42)49(53-50)32-13-4-3-5-14-32/h3-29H,1-2H3. The van der Waals surface area contributed by atoms with Gasteiger partial charge in [-0.2, -0.15) is 0 Å². The Morgan fingerprint density at radius 2 is 1.17 bits per heavy atom. The minimum absolute atomic E-state index is 0.135. The topological polar surface area (TPSA) is 30.7 Å². The van der Waals surface area contributed by atoms with Gasteiger partial charge in [0.2, 0.25) is 5.95 Å². The first-order valence-corrected chi connectivity index (χ1v) is 18.8. The molecule has 0 saturated heterocycles. The fourth-order valence-corrected chi connectivity index (χ4v) is 9.71. The van der Waals surface area contributed by atoms with Crippen molar-refractivity contribution in [3.05, 3.63) is 186 Å². The van der Waals surface area contributed by atoms with Crippen molar-refractivity contribution >= 4 is 65.4 Å². The molecule has 0 spiro atoms. The first-order chi connectivity index (χ1) is 26.5. The third-order valence-electron chi connectivity index (χ3n) is 12.1. The maximum atomic E-state index is 5.45. The summed E-state index contributed by atoms with van der Waals surface area (Å²) >= 11 is 0. The molecule has 12 rings (SSSR count). The lowest BCUT2D eigenvalue weighted by Crippen LogP contribution is -2.16. The van der Waals surface area contributed by atoms with Crippen LogP contribution in [0.4, 0.5) is 0 Å². The quantitative estimate of drug-likeness (QED) is 0.173. The van der Waals surface area contributed by atoms with E-state index in [1.807, 2.05) is 0 Å². The summed E-state index contributed by atoms with van der Waals surface area (Å²) in [6.07, 6.45) is 0. The number of hydrogen-bond donors (Lipinski definition) is 0. The Morgan fingerprint density at radius 1 is 0.463 bits per heavy atom. The Kier molecular flexibility index (Phi) is 5.84. The van der Waals surface area contributed by atoms with Crippen molar-refractivity contribution in [2.75, 3.05) is 0 Å². The first kappa shape index (κ1) is 29.7. The summed E-state index contributed by atoms with van der Waals surface area (Å²) in [6.45, 7) is 4.79. The number of nitrogens with zero attached hydrogens (tertiary/aromatic N) is 3. The second kappa shape index (κ2) is 10.6. The highest BCUT2D eigenvalue weighted by atomic mass is 15.2. The summed E-state index contributed by atoms with van der Waals surface area (Å²) < 4.78 is 2.26. The molecule has 3 nitrogen and oxygen atoms in total. The molecule has 0 bridgehead atoms. The number of allylic oxidation sites excluding steroid dienone is 1. The molecule has 0 saturated carbocycles. The molecule has 3 heteroatoms. The van der Waals surface area contributed by atoms with Gasteiger partial charge in [0.05, 0.1) is 22.2 Å². The van der Waals surface area contributed by atoms with Crippen molar-refractivity contribution in [1.82, 2.24) is 14.5 Å². The Morgan fingerprint density at radius 3 is 2.04 bits per heavy atom. The number of para-hydroxylation sites is 1. The Labute approximate surface area is 312 Å². The molecule has 0 radical (unpaired) electrons. The van der Waals surface area contributed by atoms with Gasteiger partial charge in [0.1, 0.15) is 0 Å². The van der Waals surface area contributed by atoms with E-state index in [1.54, 1.807) is 0 Å². The lowest BCUT2D eigenvalue weighted by molar-refractivity contribution is 0.705. The summed E-state index contributed by atoms with van der Waals surface area (Å²) in [5.74, 6) is 0.670. The third kappa shape index (κ3) is 3.91. The highest BCUT2D eigenvalue weighted by Crippen LogP contribution is 2.59. The van der Waals surface area contributed by atoms with Crippen LogP contribution in [0.3, 0.4) is 0 Å². The van der Waals surface area contributed by atoms with Gasteiger partial charge in [-0.05, 0) is 90.3 Å². The molecule has 0 amide bonds.